The number of carbonyl (C=O) groups excluding carboxylic acids is 1. The molecule has 1 fully saturated rings. The zero-order chi connectivity index (χ0) is 24.9. The molecule has 1 amide bonds. The highest BCUT2D eigenvalue weighted by Crippen LogP contribution is 2.54. The summed E-state index contributed by atoms with van der Waals surface area (Å²) in [4.78, 5) is 14.7. The second-order valence-electron chi connectivity index (χ2n) is 9.95. The topological polar surface area (TPSA) is 62.3 Å². The molecule has 196 valence electrons. The van der Waals surface area contributed by atoms with E-state index < -0.39 is 13.3 Å². The van der Waals surface area contributed by atoms with Gasteiger partial charge in [0.05, 0.1) is 6.10 Å². The van der Waals surface area contributed by atoms with Crippen molar-refractivity contribution >= 4 is 13.6 Å². The van der Waals surface area contributed by atoms with E-state index in [-0.39, 0.29) is 12.0 Å². The molecular formula is C25H52N3O4P. The second-order valence-corrected chi connectivity index (χ2v) is 12.5. The summed E-state index contributed by atoms with van der Waals surface area (Å²) in [5.74, 6) is -0.00544. The first-order valence-electron chi connectivity index (χ1n) is 13.3. The molecule has 0 bridgehead atoms. The van der Waals surface area contributed by atoms with E-state index in [0.29, 0.717) is 32.8 Å². The number of nitrogens with zero attached hydrogens (tertiary/aromatic N) is 3. The SMILES string of the molecule is CCCCCCC[C@@H](CCCCC)OP(=O)(N(C)C)N1CCN(C(=O)C(C)(C)OCC)CC1. The van der Waals surface area contributed by atoms with Gasteiger partial charge >= 0.3 is 7.67 Å². The van der Waals surface area contributed by atoms with Crippen molar-refractivity contribution in [3.05, 3.63) is 0 Å². The van der Waals surface area contributed by atoms with Gasteiger partial charge in [-0.05, 0) is 47.7 Å². The number of rotatable bonds is 17. The molecule has 33 heavy (non-hydrogen) atoms. The summed E-state index contributed by atoms with van der Waals surface area (Å²) in [7, 11) is 0.551. The van der Waals surface area contributed by atoms with Gasteiger partial charge in [0.1, 0.15) is 5.60 Å². The normalized spacial score (nSPS) is 18.5. The highest BCUT2D eigenvalue weighted by molar-refractivity contribution is 7.53. The van der Waals surface area contributed by atoms with Crippen molar-refractivity contribution < 1.29 is 18.6 Å². The molecule has 1 aliphatic rings. The van der Waals surface area contributed by atoms with Crippen molar-refractivity contribution in [2.75, 3.05) is 46.9 Å². The molecule has 0 aliphatic carbocycles. The van der Waals surface area contributed by atoms with E-state index in [1.54, 1.807) is 4.67 Å². The Balaban J connectivity index is 2.79. The summed E-state index contributed by atoms with van der Waals surface area (Å²) in [6, 6.07) is 0. The van der Waals surface area contributed by atoms with Gasteiger partial charge in [0.25, 0.3) is 5.91 Å². The molecule has 1 rings (SSSR count). The quantitative estimate of drug-likeness (QED) is 0.186. The summed E-state index contributed by atoms with van der Waals surface area (Å²) in [6.07, 6.45) is 11.5. The maximum absolute atomic E-state index is 14.1. The van der Waals surface area contributed by atoms with E-state index in [2.05, 4.69) is 13.8 Å². The molecule has 1 saturated heterocycles. The van der Waals surface area contributed by atoms with Gasteiger partial charge < -0.3 is 14.2 Å². The average molecular weight is 490 g/mol. The van der Waals surface area contributed by atoms with Crippen LogP contribution in [0.4, 0.5) is 0 Å². The third-order valence-electron chi connectivity index (χ3n) is 6.47. The number of hydrogen-bond donors (Lipinski definition) is 0. The van der Waals surface area contributed by atoms with E-state index >= 15 is 0 Å². The first-order chi connectivity index (χ1) is 15.6. The maximum Gasteiger partial charge on any atom is 0.345 e. The summed E-state index contributed by atoms with van der Waals surface area (Å²) >= 11 is 0. The number of hydrogen-bond acceptors (Lipinski definition) is 4. The fourth-order valence-electron chi connectivity index (χ4n) is 4.41. The van der Waals surface area contributed by atoms with Gasteiger partial charge in [-0.1, -0.05) is 65.2 Å². The summed E-state index contributed by atoms with van der Waals surface area (Å²) in [5, 5.41) is 0. The molecule has 8 heteroatoms. The summed E-state index contributed by atoms with van der Waals surface area (Å²) in [5.41, 5.74) is -0.833. The Hall–Kier alpha value is -0.460. The average Bonchev–Trinajstić information content (AvgIpc) is 2.78. The van der Waals surface area contributed by atoms with Crippen molar-refractivity contribution in [3.8, 4) is 0 Å². The Labute approximate surface area is 204 Å². The van der Waals surface area contributed by atoms with Crippen molar-refractivity contribution in [1.29, 1.82) is 0 Å². The Morgan fingerprint density at radius 1 is 0.909 bits per heavy atom. The van der Waals surface area contributed by atoms with Crippen LogP contribution in [0.3, 0.4) is 0 Å². The third-order valence-corrected chi connectivity index (χ3v) is 9.17. The predicted molar refractivity (Wildman–Crippen MR) is 138 cm³/mol. The summed E-state index contributed by atoms with van der Waals surface area (Å²) in [6.45, 7) is 12.6. The minimum atomic E-state index is -3.15. The van der Waals surface area contributed by atoms with Crippen LogP contribution in [0.5, 0.6) is 0 Å². The lowest BCUT2D eigenvalue weighted by atomic mass is 10.0. The van der Waals surface area contributed by atoms with Gasteiger partial charge in [-0.2, -0.15) is 0 Å². The largest absolute Gasteiger partial charge is 0.366 e. The molecule has 0 aromatic heterocycles. The van der Waals surface area contributed by atoms with Gasteiger partial charge in [-0.3, -0.25) is 9.36 Å². The van der Waals surface area contributed by atoms with Crippen molar-refractivity contribution in [3.63, 3.8) is 0 Å². The van der Waals surface area contributed by atoms with E-state index in [9.17, 15) is 9.36 Å². The Kier molecular flexibility index (Phi) is 14.4. The molecule has 0 radical (unpaired) electrons. The highest BCUT2D eigenvalue weighted by Gasteiger charge is 2.41. The molecule has 1 aliphatic heterocycles. The lowest BCUT2D eigenvalue weighted by Gasteiger charge is -2.43. The standard InChI is InChI=1S/C25H52N3O4P/c1-8-11-13-14-16-18-23(17-15-12-9-2)32-33(30,26(6)7)28-21-19-27(20-22-28)24(29)25(4,5)31-10-3/h23H,8-22H2,1-7H3/t23-,33?/m1/s1. The number of ether oxygens (including phenoxy) is 1. The zero-order valence-electron chi connectivity index (χ0n) is 22.6. The monoisotopic (exact) mass is 489 g/mol. The molecule has 7 nitrogen and oxygen atoms in total. The smallest absolute Gasteiger partial charge is 0.345 e. The number of carbonyl (C=O) groups is 1. The van der Waals surface area contributed by atoms with Crippen LogP contribution >= 0.6 is 7.67 Å². The Bertz CT molecular complexity index is 592. The first kappa shape index (κ1) is 30.6. The van der Waals surface area contributed by atoms with Crippen LogP contribution in [0.1, 0.15) is 98.8 Å². The van der Waals surface area contributed by atoms with Crippen LogP contribution in [-0.4, -0.2) is 78.7 Å². The number of amides is 1. The van der Waals surface area contributed by atoms with Crippen LogP contribution < -0.4 is 0 Å². The van der Waals surface area contributed by atoms with Crippen LogP contribution in [0.25, 0.3) is 0 Å². The predicted octanol–water partition coefficient (Wildman–Crippen LogP) is 5.94. The molecular weight excluding hydrogens is 437 g/mol. The van der Waals surface area contributed by atoms with Crippen LogP contribution in [0, 0.1) is 0 Å². The summed E-state index contributed by atoms with van der Waals surface area (Å²) < 4.78 is 30.0. The Morgan fingerprint density at radius 2 is 1.42 bits per heavy atom. The minimum Gasteiger partial charge on any atom is -0.366 e. The maximum atomic E-state index is 14.1. The van der Waals surface area contributed by atoms with E-state index in [1.807, 2.05) is 44.4 Å². The fraction of sp³-hybridized carbons (Fsp3) is 0.960. The van der Waals surface area contributed by atoms with Crippen molar-refractivity contribution in [2.24, 2.45) is 0 Å². The van der Waals surface area contributed by atoms with Crippen molar-refractivity contribution in [1.82, 2.24) is 14.2 Å². The first-order valence-corrected chi connectivity index (χ1v) is 14.8. The number of piperazine rings is 1. The highest BCUT2D eigenvalue weighted by atomic mass is 31.2. The Morgan fingerprint density at radius 3 is 1.94 bits per heavy atom. The molecule has 1 unspecified atom stereocenters. The van der Waals surface area contributed by atoms with Gasteiger partial charge in [-0.15, -0.1) is 0 Å². The molecule has 0 saturated carbocycles. The zero-order valence-corrected chi connectivity index (χ0v) is 23.5. The lowest BCUT2D eigenvalue weighted by Crippen LogP contribution is -2.54. The van der Waals surface area contributed by atoms with Gasteiger partial charge in [0, 0.05) is 32.8 Å². The van der Waals surface area contributed by atoms with Crippen molar-refractivity contribution in [2.45, 2.75) is 111 Å². The number of unbranched alkanes of at least 4 members (excludes halogenated alkanes) is 6. The second kappa shape index (κ2) is 15.5. The molecule has 2 atom stereocenters. The minimum absolute atomic E-state index is 0.00544. The molecule has 0 aromatic carbocycles. The van der Waals surface area contributed by atoms with Gasteiger partial charge in [-0.25, -0.2) is 9.34 Å². The van der Waals surface area contributed by atoms with Crippen LogP contribution in [0.15, 0.2) is 0 Å². The van der Waals surface area contributed by atoms with E-state index in [0.717, 1.165) is 25.7 Å². The van der Waals surface area contributed by atoms with Crippen LogP contribution in [0.2, 0.25) is 0 Å². The lowest BCUT2D eigenvalue weighted by molar-refractivity contribution is -0.155. The molecule has 1 heterocycles. The fourth-order valence-corrected chi connectivity index (χ4v) is 6.52. The van der Waals surface area contributed by atoms with Gasteiger partial charge in [0.15, 0.2) is 0 Å². The van der Waals surface area contributed by atoms with E-state index in [1.165, 1.54) is 38.5 Å². The van der Waals surface area contributed by atoms with E-state index in [4.69, 9.17) is 9.26 Å². The third kappa shape index (κ3) is 9.97. The molecule has 0 spiro atoms. The molecule has 0 aromatic rings. The molecule has 0 N–H and O–H groups in total. The van der Waals surface area contributed by atoms with Gasteiger partial charge in [0.2, 0.25) is 0 Å². The van der Waals surface area contributed by atoms with Crippen LogP contribution in [-0.2, 0) is 18.6 Å².